The predicted octanol–water partition coefficient (Wildman–Crippen LogP) is 0.986. The average Bonchev–Trinajstić information content (AvgIpc) is 3.29. The van der Waals surface area contributed by atoms with Crippen molar-refractivity contribution in [3.8, 4) is 0 Å². The SMILES string of the molecule is CCCCN(C(=O)CN1CCN(Cc2nc(C(C)C)no2)CC1)c1c(N)n(CCC)c(=O)[nH]c1=O. The number of aromatic nitrogens is 4. The van der Waals surface area contributed by atoms with Crippen LogP contribution in [0.5, 0.6) is 0 Å². The molecule has 2 aromatic heterocycles. The first kappa shape index (κ1) is 26.6. The van der Waals surface area contributed by atoms with Crippen molar-refractivity contribution in [2.24, 2.45) is 0 Å². The van der Waals surface area contributed by atoms with Crippen molar-refractivity contribution in [3.63, 3.8) is 0 Å². The van der Waals surface area contributed by atoms with Gasteiger partial charge in [-0.1, -0.05) is 39.3 Å². The van der Waals surface area contributed by atoms with Gasteiger partial charge in [-0.2, -0.15) is 4.98 Å². The van der Waals surface area contributed by atoms with Crippen LogP contribution in [-0.4, -0.2) is 74.7 Å². The highest BCUT2D eigenvalue weighted by Crippen LogP contribution is 2.19. The summed E-state index contributed by atoms with van der Waals surface area (Å²) in [4.78, 5) is 50.8. The number of unbranched alkanes of at least 4 members (excludes halogenated alkanes) is 1. The third kappa shape index (κ3) is 6.57. The Morgan fingerprint density at radius 1 is 1.14 bits per heavy atom. The summed E-state index contributed by atoms with van der Waals surface area (Å²) in [6, 6.07) is 0. The second kappa shape index (κ2) is 12.1. The van der Waals surface area contributed by atoms with Gasteiger partial charge >= 0.3 is 5.69 Å². The monoisotopic (exact) mass is 490 g/mol. The molecule has 1 aliphatic heterocycles. The van der Waals surface area contributed by atoms with Crippen LogP contribution in [-0.2, 0) is 17.9 Å². The fraction of sp³-hybridized carbons (Fsp3) is 0.696. The lowest BCUT2D eigenvalue weighted by Gasteiger charge is -2.34. The number of nitrogens with two attached hydrogens (primary N) is 1. The van der Waals surface area contributed by atoms with Gasteiger partial charge in [-0.15, -0.1) is 0 Å². The Morgan fingerprint density at radius 2 is 1.83 bits per heavy atom. The number of anilines is 2. The van der Waals surface area contributed by atoms with Crippen molar-refractivity contribution in [2.45, 2.75) is 66.0 Å². The van der Waals surface area contributed by atoms with Crippen LogP contribution in [0.3, 0.4) is 0 Å². The zero-order valence-electron chi connectivity index (χ0n) is 21.2. The summed E-state index contributed by atoms with van der Waals surface area (Å²) >= 11 is 0. The van der Waals surface area contributed by atoms with Gasteiger partial charge < -0.3 is 15.2 Å². The van der Waals surface area contributed by atoms with E-state index in [-0.39, 0.29) is 29.9 Å². The Labute approximate surface area is 205 Å². The van der Waals surface area contributed by atoms with E-state index in [1.165, 1.54) is 9.47 Å². The Kier molecular flexibility index (Phi) is 9.21. The lowest BCUT2D eigenvalue weighted by atomic mass is 10.2. The molecule has 0 saturated carbocycles. The molecule has 1 amide bonds. The lowest BCUT2D eigenvalue weighted by molar-refractivity contribution is -0.120. The summed E-state index contributed by atoms with van der Waals surface area (Å²) in [6.45, 7) is 12.3. The number of rotatable bonds is 11. The first-order chi connectivity index (χ1) is 16.7. The maximum absolute atomic E-state index is 13.4. The molecule has 35 heavy (non-hydrogen) atoms. The van der Waals surface area contributed by atoms with Crippen LogP contribution in [0.2, 0.25) is 0 Å². The van der Waals surface area contributed by atoms with Gasteiger partial charge in [0.25, 0.3) is 5.56 Å². The lowest BCUT2D eigenvalue weighted by Crippen LogP contribution is -2.51. The van der Waals surface area contributed by atoms with Gasteiger partial charge in [-0.3, -0.25) is 28.9 Å². The normalized spacial score (nSPS) is 15.1. The van der Waals surface area contributed by atoms with Crippen LogP contribution in [0.25, 0.3) is 0 Å². The molecule has 3 N–H and O–H groups in total. The predicted molar refractivity (Wildman–Crippen MR) is 133 cm³/mol. The quantitative estimate of drug-likeness (QED) is 0.470. The van der Waals surface area contributed by atoms with E-state index in [4.69, 9.17) is 10.3 Å². The van der Waals surface area contributed by atoms with E-state index < -0.39 is 11.2 Å². The number of H-pyrrole nitrogens is 1. The first-order valence-electron chi connectivity index (χ1n) is 12.4. The Hall–Kier alpha value is -2.99. The number of piperazine rings is 1. The molecule has 0 aromatic carbocycles. The minimum atomic E-state index is -0.630. The maximum atomic E-state index is 13.4. The van der Waals surface area contributed by atoms with Crippen LogP contribution in [0.15, 0.2) is 14.1 Å². The molecule has 1 aliphatic rings. The molecule has 1 saturated heterocycles. The molecule has 0 aliphatic carbocycles. The van der Waals surface area contributed by atoms with E-state index in [1.807, 2.05) is 27.7 Å². The average molecular weight is 491 g/mol. The zero-order valence-corrected chi connectivity index (χ0v) is 21.2. The van der Waals surface area contributed by atoms with Gasteiger partial charge in [0.1, 0.15) is 5.82 Å². The Morgan fingerprint density at radius 3 is 2.43 bits per heavy atom. The van der Waals surface area contributed by atoms with Gasteiger partial charge in [0.2, 0.25) is 11.8 Å². The zero-order chi connectivity index (χ0) is 25.5. The highest BCUT2D eigenvalue weighted by molar-refractivity contribution is 5.96. The minimum absolute atomic E-state index is 0.0372. The number of nitrogen functional groups attached to an aromatic ring is 1. The molecule has 0 radical (unpaired) electrons. The van der Waals surface area contributed by atoms with Gasteiger partial charge in [-0.05, 0) is 12.8 Å². The number of aromatic amines is 1. The standard InChI is InChI=1S/C23H38N8O4/c1-5-7-9-30(19-20(24)31(8-6-2)23(34)26-22(19)33)18(32)15-29-12-10-28(11-13-29)14-17-25-21(16(3)4)27-35-17/h16H,5-15,24H2,1-4H3,(H,26,33,34). The van der Waals surface area contributed by atoms with E-state index in [9.17, 15) is 14.4 Å². The van der Waals surface area contributed by atoms with Crippen molar-refractivity contribution in [1.29, 1.82) is 0 Å². The van der Waals surface area contributed by atoms with Crippen molar-refractivity contribution < 1.29 is 9.32 Å². The molecule has 0 atom stereocenters. The molecule has 12 heteroatoms. The summed E-state index contributed by atoms with van der Waals surface area (Å²) in [5.74, 6) is 1.35. The fourth-order valence-corrected chi connectivity index (χ4v) is 4.10. The fourth-order valence-electron chi connectivity index (χ4n) is 4.10. The maximum Gasteiger partial charge on any atom is 0.330 e. The minimum Gasteiger partial charge on any atom is -0.383 e. The van der Waals surface area contributed by atoms with E-state index in [2.05, 4.69) is 24.9 Å². The summed E-state index contributed by atoms with van der Waals surface area (Å²) in [6.07, 6.45) is 2.24. The first-order valence-corrected chi connectivity index (χ1v) is 12.4. The largest absolute Gasteiger partial charge is 0.383 e. The van der Waals surface area contributed by atoms with Crippen LogP contribution >= 0.6 is 0 Å². The van der Waals surface area contributed by atoms with Gasteiger partial charge in [0.15, 0.2) is 11.5 Å². The van der Waals surface area contributed by atoms with E-state index in [1.54, 1.807) is 0 Å². The second-order valence-corrected chi connectivity index (χ2v) is 9.30. The Balaban J connectivity index is 1.67. The molecule has 3 rings (SSSR count). The highest BCUT2D eigenvalue weighted by Gasteiger charge is 2.27. The molecule has 2 aromatic rings. The molecule has 12 nitrogen and oxygen atoms in total. The van der Waals surface area contributed by atoms with E-state index >= 15 is 0 Å². The highest BCUT2D eigenvalue weighted by atomic mass is 16.5. The molecule has 0 bridgehead atoms. The Bertz CT molecular complexity index is 1100. The third-order valence-corrected chi connectivity index (χ3v) is 6.15. The summed E-state index contributed by atoms with van der Waals surface area (Å²) in [5, 5.41) is 4.01. The number of nitrogens with one attached hydrogen (secondary N) is 1. The molecular formula is C23H38N8O4. The van der Waals surface area contributed by atoms with Crippen molar-refractivity contribution >= 4 is 17.4 Å². The molecule has 0 unspecified atom stereocenters. The van der Waals surface area contributed by atoms with Gasteiger partial charge in [0.05, 0.1) is 13.1 Å². The molecule has 0 spiro atoms. The van der Waals surface area contributed by atoms with Crippen LogP contribution < -0.4 is 21.9 Å². The van der Waals surface area contributed by atoms with Crippen molar-refractivity contribution in [1.82, 2.24) is 29.5 Å². The number of nitrogens with zero attached hydrogens (tertiary/aromatic N) is 6. The number of hydrogen-bond donors (Lipinski definition) is 2. The van der Waals surface area contributed by atoms with Crippen LogP contribution in [0.4, 0.5) is 11.5 Å². The van der Waals surface area contributed by atoms with E-state index in [0.717, 1.165) is 19.5 Å². The summed E-state index contributed by atoms with van der Waals surface area (Å²) < 4.78 is 6.67. The molecule has 194 valence electrons. The van der Waals surface area contributed by atoms with Crippen molar-refractivity contribution in [2.75, 3.05) is 49.9 Å². The topological polar surface area (TPSA) is 147 Å². The van der Waals surface area contributed by atoms with Crippen LogP contribution in [0, 0.1) is 0 Å². The van der Waals surface area contributed by atoms with Gasteiger partial charge in [0, 0.05) is 45.2 Å². The molecule has 1 fully saturated rings. The summed E-state index contributed by atoms with van der Waals surface area (Å²) in [7, 11) is 0. The third-order valence-electron chi connectivity index (χ3n) is 6.15. The van der Waals surface area contributed by atoms with Crippen LogP contribution in [0.1, 0.15) is 64.6 Å². The molecular weight excluding hydrogens is 452 g/mol. The molecule has 3 heterocycles. The van der Waals surface area contributed by atoms with E-state index in [0.29, 0.717) is 57.3 Å². The number of amides is 1. The smallest absolute Gasteiger partial charge is 0.330 e. The van der Waals surface area contributed by atoms with Gasteiger partial charge in [-0.25, -0.2) is 4.79 Å². The second-order valence-electron chi connectivity index (χ2n) is 9.30. The summed E-state index contributed by atoms with van der Waals surface area (Å²) in [5.41, 5.74) is 5.11. The number of carbonyl (C=O) groups excluding carboxylic acids is 1. The number of carbonyl (C=O) groups is 1. The number of hydrogen-bond acceptors (Lipinski definition) is 9. The van der Waals surface area contributed by atoms with Crippen molar-refractivity contribution in [3.05, 3.63) is 32.6 Å².